The molecule has 98 valence electrons. The van der Waals surface area contributed by atoms with E-state index >= 15 is 0 Å². The Morgan fingerprint density at radius 1 is 1.47 bits per heavy atom. The molecule has 1 saturated heterocycles. The summed E-state index contributed by atoms with van der Waals surface area (Å²) in [6.45, 7) is 1.64. The van der Waals surface area contributed by atoms with Gasteiger partial charge >= 0.3 is 5.97 Å². The molecule has 0 aromatic heterocycles. The highest BCUT2D eigenvalue weighted by atomic mass is 32.2. The highest BCUT2D eigenvalue weighted by Gasteiger charge is 2.37. The molecular weight excluding hydrogens is 248 g/mol. The molecule has 0 bridgehead atoms. The molecule has 1 rings (SSSR count). The van der Waals surface area contributed by atoms with E-state index in [1.807, 2.05) is 0 Å². The van der Waals surface area contributed by atoms with Gasteiger partial charge in [0, 0.05) is 6.54 Å². The fourth-order valence-corrected chi connectivity index (χ4v) is 2.89. The summed E-state index contributed by atoms with van der Waals surface area (Å²) in [6, 6.07) is -1.81. The Labute approximate surface area is 99.8 Å². The number of rotatable bonds is 4. The summed E-state index contributed by atoms with van der Waals surface area (Å²) in [5.41, 5.74) is 0. The maximum atomic E-state index is 11.7. The van der Waals surface area contributed by atoms with E-state index in [9.17, 15) is 18.0 Å². The van der Waals surface area contributed by atoms with E-state index in [1.54, 1.807) is 0 Å². The molecule has 8 heteroatoms. The van der Waals surface area contributed by atoms with Crippen molar-refractivity contribution in [2.45, 2.75) is 31.8 Å². The van der Waals surface area contributed by atoms with Gasteiger partial charge in [-0.15, -0.1) is 0 Å². The molecule has 2 atom stereocenters. The first-order valence-electron chi connectivity index (χ1n) is 5.23. The lowest BCUT2D eigenvalue weighted by Crippen LogP contribution is -2.49. The highest BCUT2D eigenvalue weighted by molar-refractivity contribution is 7.88. The van der Waals surface area contributed by atoms with Gasteiger partial charge < -0.3 is 10.4 Å². The Morgan fingerprint density at radius 3 is 2.53 bits per heavy atom. The van der Waals surface area contributed by atoms with E-state index in [-0.39, 0.29) is 0 Å². The van der Waals surface area contributed by atoms with Gasteiger partial charge in [0.1, 0.15) is 12.1 Å². The molecule has 1 heterocycles. The zero-order valence-electron chi connectivity index (χ0n) is 9.71. The van der Waals surface area contributed by atoms with Crippen molar-refractivity contribution in [1.29, 1.82) is 0 Å². The number of carbonyl (C=O) groups excluding carboxylic acids is 1. The predicted octanol–water partition coefficient (Wildman–Crippen LogP) is -1.00. The number of aliphatic carboxylic acids is 1. The average Bonchev–Trinajstić information content (AvgIpc) is 2.64. The molecule has 0 aromatic rings. The fraction of sp³-hybridized carbons (Fsp3) is 0.778. The van der Waals surface area contributed by atoms with Crippen LogP contribution in [0.3, 0.4) is 0 Å². The Balaban J connectivity index is 2.72. The molecule has 0 spiro atoms. The third-order valence-corrected chi connectivity index (χ3v) is 3.95. The number of amides is 1. The van der Waals surface area contributed by atoms with E-state index in [0.717, 1.165) is 10.6 Å². The smallest absolute Gasteiger partial charge is 0.325 e. The van der Waals surface area contributed by atoms with Crippen molar-refractivity contribution in [2.24, 2.45) is 0 Å². The summed E-state index contributed by atoms with van der Waals surface area (Å²) in [4.78, 5) is 22.3. The van der Waals surface area contributed by atoms with Crippen LogP contribution in [0.4, 0.5) is 0 Å². The molecule has 7 nitrogen and oxygen atoms in total. The maximum absolute atomic E-state index is 11.7. The molecule has 1 aliphatic rings. The first kappa shape index (κ1) is 13.9. The van der Waals surface area contributed by atoms with Crippen LogP contribution in [0.2, 0.25) is 0 Å². The lowest BCUT2D eigenvalue weighted by atomic mass is 10.2. The number of hydrogen-bond acceptors (Lipinski definition) is 4. The number of carboxylic acid groups (broad SMARTS) is 1. The molecule has 1 fully saturated rings. The molecular formula is C9H16N2O5S. The van der Waals surface area contributed by atoms with E-state index in [4.69, 9.17) is 5.11 Å². The van der Waals surface area contributed by atoms with Crippen LogP contribution in [0.5, 0.6) is 0 Å². The molecule has 17 heavy (non-hydrogen) atoms. The minimum absolute atomic E-state index is 0.304. The lowest BCUT2D eigenvalue weighted by molar-refractivity contribution is -0.141. The Hall–Kier alpha value is -1.15. The number of carboxylic acids is 1. The van der Waals surface area contributed by atoms with E-state index in [1.165, 1.54) is 6.92 Å². The second kappa shape index (κ2) is 5.01. The van der Waals surface area contributed by atoms with E-state index in [2.05, 4.69) is 5.32 Å². The van der Waals surface area contributed by atoms with Crippen LogP contribution in [0.25, 0.3) is 0 Å². The average molecular weight is 264 g/mol. The molecule has 1 aliphatic heterocycles. The van der Waals surface area contributed by atoms with E-state index < -0.39 is 34.0 Å². The number of sulfonamides is 1. The van der Waals surface area contributed by atoms with E-state index in [0.29, 0.717) is 19.4 Å². The van der Waals surface area contributed by atoms with Gasteiger partial charge in [-0.2, -0.15) is 4.31 Å². The summed E-state index contributed by atoms with van der Waals surface area (Å²) in [5.74, 6) is -1.70. The molecule has 0 unspecified atom stereocenters. The summed E-state index contributed by atoms with van der Waals surface area (Å²) in [5, 5.41) is 10.9. The van der Waals surface area contributed by atoms with Crippen molar-refractivity contribution in [3.05, 3.63) is 0 Å². The number of hydrogen-bond donors (Lipinski definition) is 2. The van der Waals surface area contributed by atoms with Gasteiger partial charge in [0.05, 0.1) is 6.26 Å². The Morgan fingerprint density at radius 2 is 2.06 bits per heavy atom. The third kappa shape index (κ3) is 3.40. The first-order chi connectivity index (χ1) is 7.73. The van der Waals surface area contributed by atoms with Crippen molar-refractivity contribution >= 4 is 21.9 Å². The molecule has 0 aliphatic carbocycles. The van der Waals surface area contributed by atoms with Gasteiger partial charge in [-0.25, -0.2) is 8.42 Å². The van der Waals surface area contributed by atoms with Crippen LogP contribution in [-0.4, -0.2) is 54.6 Å². The summed E-state index contributed by atoms with van der Waals surface area (Å²) < 4.78 is 23.9. The van der Waals surface area contributed by atoms with Crippen molar-refractivity contribution in [3.8, 4) is 0 Å². The third-order valence-electron chi connectivity index (χ3n) is 2.66. The van der Waals surface area contributed by atoms with Crippen molar-refractivity contribution in [1.82, 2.24) is 9.62 Å². The van der Waals surface area contributed by atoms with Gasteiger partial charge in [-0.3, -0.25) is 9.59 Å². The standard InChI is InChI=1S/C9H16N2O5S/c1-6(9(13)14)10-8(12)7-4-3-5-11(7)17(2,15)16/h6-7H,3-5H2,1-2H3,(H,10,12)(H,13,14)/t6-,7+/m0/s1. The van der Waals surface area contributed by atoms with Crippen LogP contribution >= 0.6 is 0 Å². The number of nitrogens with one attached hydrogen (secondary N) is 1. The minimum atomic E-state index is -3.43. The molecule has 0 radical (unpaired) electrons. The monoisotopic (exact) mass is 264 g/mol. The van der Waals surface area contributed by atoms with Crippen LogP contribution in [0.1, 0.15) is 19.8 Å². The zero-order chi connectivity index (χ0) is 13.2. The molecule has 2 N–H and O–H groups in total. The first-order valence-corrected chi connectivity index (χ1v) is 7.08. The predicted molar refractivity (Wildman–Crippen MR) is 59.8 cm³/mol. The quantitative estimate of drug-likeness (QED) is 0.677. The normalized spacial score (nSPS) is 23.3. The zero-order valence-corrected chi connectivity index (χ0v) is 10.5. The second-order valence-electron chi connectivity index (χ2n) is 4.10. The van der Waals surface area contributed by atoms with Crippen LogP contribution in [0, 0.1) is 0 Å². The van der Waals surface area contributed by atoms with Crippen LogP contribution in [-0.2, 0) is 19.6 Å². The van der Waals surface area contributed by atoms with Gasteiger partial charge in [0.25, 0.3) is 0 Å². The van der Waals surface area contributed by atoms with Crippen molar-refractivity contribution in [2.75, 3.05) is 12.8 Å². The highest BCUT2D eigenvalue weighted by Crippen LogP contribution is 2.20. The SMILES string of the molecule is C[C@H](NC(=O)[C@H]1CCCN1S(C)(=O)=O)C(=O)O. The topological polar surface area (TPSA) is 104 Å². The number of nitrogens with zero attached hydrogens (tertiary/aromatic N) is 1. The van der Waals surface area contributed by atoms with Gasteiger partial charge in [0.15, 0.2) is 0 Å². The second-order valence-corrected chi connectivity index (χ2v) is 6.04. The van der Waals surface area contributed by atoms with Crippen molar-refractivity contribution in [3.63, 3.8) is 0 Å². The molecule has 0 saturated carbocycles. The number of carbonyl (C=O) groups is 2. The molecule has 1 amide bonds. The summed E-state index contributed by atoms with van der Waals surface area (Å²) in [7, 11) is -3.43. The Kier molecular flexibility index (Phi) is 4.10. The maximum Gasteiger partial charge on any atom is 0.325 e. The van der Waals surface area contributed by atoms with Gasteiger partial charge in [-0.05, 0) is 19.8 Å². The van der Waals surface area contributed by atoms with Crippen LogP contribution < -0.4 is 5.32 Å². The largest absolute Gasteiger partial charge is 0.480 e. The van der Waals surface area contributed by atoms with Gasteiger partial charge in [0.2, 0.25) is 15.9 Å². The molecule has 0 aromatic carbocycles. The summed E-state index contributed by atoms with van der Waals surface area (Å²) in [6.07, 6.45) is 2.07. The fourth-order valence-electron chi connectivity index (χ4n) is 1.77. The summed E-state index contributed by atoms with van der Waals surface area (Å²) >= 11 is 0. The Bertz CT molecular complexity index is 419. The van der Waals surface area contributed by atoms with Crippen molar-refractivity contribution < 1.29 is 23.1 Å². The minimum Gasteiger partial charge on any atom is -0.480 e. The lowest BCUT2D eigenvalue weighted by Gasteiger charge is -2.22. The van der Waals surface area contributed by atoms with Crippen LogP contribution in [0.15, 0.2) is 0 Å². The van der Waals surface area contributed by atoms with Gasteiger partial charge in [-0.1, -0.05) is 0 Å².